The number of aromatic nitrogens is 2. The van der Waals surface area contributed by atoms with Crippen LogP contribution in [-0.4, -0.2) is 43.8 Å². The number of nitrogens with zero attached hydrogens (tertiary/aromatic N) is 3. The Labute approximate surface area is 124 Å². The second kappa shape index (κ2) is 6.48. The van der Waals surface area contributed by atoms with Crippen LogP contribution in [0.2, 0.25) is 0 Å². The Balaban J connectivity index is 2.80. The van der Waals surface area contributed by atoms with Gasteiger partial charge >= 0.3 is 11.9 Å². The van der Waals surface area contributed by atoms with Crippen molar-refractivity contribution in [2.24, 2.45) is 5.16 Å². The van der Waals surface area contributed by atoms with Crippen LogP contribution >= 0.6 is 11.5 Å². The standard InChI is InChI=1S/C11H16N4O5S/c1-5(9(18)19-11(2,3)4)20-14-6(8(16)17)7-13-10(12)21-15-7/h5H,1-4H3,(H,16,17)(H2,12,13,15). The van der Waals surface area contributed by atoms with Crippen LogP contribution in [0.3, 0.4) is 0 Å². The fourth-order valence-corrected chi connectivity index (χ4v) is 1.50. The minimum atomic E-state index is -1.40. The van der Waals surface area contributed by atoms with Gasteiger partial charge in [0.2, 0.25) is 17.6 Å². The molecule has 0 aromatic carbocycles. The van der Waals surface area contributed by atoms with Crippen LogP contribution in [0.15, 0.2) is 5.16 Å². The normalized spacial score (nSPS) is 13.6. The molecule has 21 heavy (non-hydrogen) atoms. The number of hydrogen-bond acceptors (Lipinski definition) is 9. The minimum Gasteiger partial charge on any atom is -0.476 e. The van der Waals surface area contributed by atoms with Crippen molar-refractivity contribution >= 4 is 34.3 Å². The van der Waals surface area contributed by atoms with E-state index in [4.69, 9.17) is 20.4 Å². The van der Waals surface area contributed by atoms with Crippen LogP contribution in [0.25, 0.3) is 0 Å². The first-order valence-electron chi connectivity index (χ1n) is 5.89. The SMILES string of the molecule is CC(ON=C(C(=O)O)c1nsc(N)n1)C(=O)OC(C)(C)C. The van der Waals surface area contributed by atoms with Crippen LogP contribution in [0.5, 0.6) is 0 Å². The summed E-state index contributed by atoms with van der Waals surface area (Å²) in [5.74, 6) is -2.24. The minimum absolute atomic E-state index is 0.0964. The number of ether oxygens (including phenoxy) is 1. The molecule has 0 bridgehead atoms. The van der Waals surface area contributed by atoms with Crippen molar-refractivity contribution in [2.75, 3.05) is 5.73 Å². The van der Waals surface area contributed by atoms with E-state index in [0.717, 1.165) is 11.5 Å². The molecule has 0 fully saturated rings. The molecule has 10 heteroatoms. The second-order valence-electron chi connectivity index (χ2n) is 4.98. The number of oxime groups is 1. The van der Waals surface area contributed by atoms with Crippen molar-refractivity contribution < 1.29 is 24.3 Å². The van der Waals surface area contributed by atoms with Gasteiger partial charge in [-0.2, -0.15) is 9.36 Å². The van der Waals surface area contributed by atoms with Crippen molar-refractivity contribution in [1.82, 2.24) is 9.36 Å². The molecule has 0 aliphatic carbocycles. The molecule has 9 nitrogen and oxygen atoms in total. The molecule has 0 aliphatic rings. The Hall–Kier alpha value is -2.23. The molecule has 0 spiro atoms. The van der Waals surface area contributed by atoms with Crippen LogP contribution in [0.1, 0.15) is 33.5 Å². The van der Waals surface area contributed by atoms with Crippen LogP contribution in [0.4, 0.5) is 5.13 Å². The number of carbonyl (C=O) groups excluding carboxylic acids is 1. The molecule has 0 amide bonds. The lowest BCUT2D eigenvalue weighted by molar-refractivity contribution is -0.167. The van der Waals surface area contributed by atoms with Crippen molar-refractivity contribution in [3.63, 3.8) is 0 Å². The highest BCUT2D eigenvalue weighted by atomic mass is 32.1. The Morgan fingerprint density at radius 1 is 1.43 bits per heavy atom. The number of aliphatic carboxylic acids is 1. The third-order valence-electron chi connectivity index (χ3n) is 1.90. The molecule has 1 unspecified atom stereocenters. The fraction of sp³-hybridized carbons (Fsp3) is 0.545. The number of anilines is 1. The average molecular weight is 316 g/mol. The predicted octanol–water partition coefficient (Wildman–Crippen LogP) is 0.656. The Morgan fingerprint density at radius 2 is 2.05 bits per heavy atom. The second-order valence-corrected chi connectivity index (χ2v) is 5.77. The molecule has 116 valence electrons. The number of esters is 1. The molecule has 0 saturated heterocycles. The zero-order chi connectivity index (χ0) is 16.2. The highest BCUT2D eigenvalue weighted by Crippen LogP contribution is 2.11. The number of nitrogens with two attached hydrogens (primary N) is 1. The summed E-state index contributed by atoms with van der Waals surface area (Å²) in [5.41, 5.74) is 4.15. The molecule has 1 aromatic rings. The first-order chi connectivity index (χ1) is 9.60. The molecular weight excluding hydrogens is 300 g/mol. The lowest BCUT2D eigenvalue weighted by atomic mass is 10.2. The third-order valence-corrected chi connectivity index (χ3v) is 2.44. The third kappa shape index (κ3) is 5.34. The molecule has 1 rings (SSSR count). The topological polar surface area (TPSA) is 137 Å². The molecular formula is C11H16N4O5S. The van der Waals surface area contributed by atoms with Crippen molar-refractivity contribution in [2.45, 2.75) is 39.4 Å². The van der Waals surface area contributed by atoms with Gasteiger partial charge in [0.1, 0.15) is 5.60 Å². The molecule has 3 N–H and O–H groups in total. The van der Waals surface area contributed by atoms with Crippen LogP contribution < -0.4 is 5.73 Å². The van der Waals surface area contributed by atoms with Gasteiger partial charge in [-0.25, -0.2) is 9.59 Å². The summed E-state index contributed by atoms with van der Waals surface area (Å²) in [5, 5.41) is 12.5. The van der Waals surface area contributed by atoms with Gasteiger partial charge in [-0.15, -0.1) is 0 Å². The molecule has 1 atom stereocenters. The smallest absolute Gasteiger partial charge is 0.362 e. The van der Waals surface area contributed by atoms with E-state index in [2.05, 4.69) is 14.5 Å². The number of rotatable bonds is 5. The summed E-state index contributed by atoms with van der Waals surface area (Å²) < 4.78 is 8.79. The summed E-state index contributed by atoms with van der Waals surface area (Å²) >= 11 is 0.824. The number of carboxylic acid groups (broad SMARTS) is 1. The van der Waals surface area contributed by atoms with Crippen LogP contribution in [0, 0.1) is 0 Å². The Bertz CT molecular complexity index is 563. The van der Waals surface area contributed by atoms with E-state index < -0.39 is 29.4 Å². The van der Waals surface area contributed by atoms with Crippen molar-refractivity contribution in [3.05, 3.63) is 5.82 Å². The summed E-state index contributed by atoms with van der Waals surface area (Å²) in [6, 6.07) is 0. The van der Waals surface area contributed by atoms with Gasteiger partial charge in [0.25, 0.3) is 0 Å². The zero-order valence-electron chi connectivity index (χ0n) is 12.0. The maximum atomic E-state index is 11.7. The first kappa shape index (κ1) is 16.8. The van der Waals surface area contributed by atoms with E-state index in [9.17, 15) is 9.59 Å². The van der Waals surface area contributed by atoms with E-state index in [1.54, 1.807) is 20.8 Å². The average Bonchev–Trinajstić information content (AvgIpc) is 2.73. The van der Waals surface area contributed by atoms with E-state index in [1.165, 1.54) is 6.92 Å². The van der Waals surface area contributed by atoms with Crippen molar-refractivity contribution in [1.29, 1.82) is 0 Å². The van der Waals surface area contributed by atoms with Gasteiger partial charge in [0.15, 0.2) is 5.13 Å². The first-order valence-corrected chi connectivity index (χ1v) is 6.67. The van der Waals surface area contributed by atoms with Gasteiger partial charge in [0, 0.05) is 11.5 Å². The van der Waals surface area contributed by atoms with Crippen LogP contribution in [-0.2, 0) is 19.2 Å². The van der Waals surface area contributed by atoms with Gasteiger partial charge in [-0.1, -0.05) is 5.16 Å². The van der Waals surface area contributed by atoms with Gasteiger partial charge < -0.3 is 20.4 Å². The van der Waals surface area contributed by atoms with Gasteiger partial charge in [-0.05, 0) is 27.7 Å². The lowest BCUT2D eigenvalue weighted by Crippen LogP contribution is -2.31. The molecule has 0 aliphatic heterocycles. The number of carboxylic acids is 1. The quantitative estimate of drug-likeness (QED) is 0.459. The highest BCUT2D eigenvalue weighted by molar-refractivity contribution is 7.09. The number of hydrogen-bond donors (Lipinski definition) is 2. The van der Waals surface area contributed by atoms with Gasteiger partial charge in [-0.3, -0.25) is 0 Å². The molecule has 1 heterocycles. The summed E-state index contributed by atoms with van der Waals surface area (Å²) in [4.78, 5) is 31.3. The maximum Gasteiger partial charge on any atom is 0.362 e. The number of carbonyl (C=O) groups is 2. The zero-order valence-corrected chi connectivity index (χ0v) is 12.8. The monoisotopic (exact) mass is 316 g/mol. The van der Waals surface area contributed by atoms with Gasteiger partial charge in [0.05, 0.1) is 0 Å². The highest BCUT2D eigenvalue weighted by Gasteiger charge is 2.25. The summed E-state index contributed by atoms with van der Waals surface area (Å²) in [7, 11) is 0. The van der Waals surface area contributed by atoms with Crippen molar-refractivity contribution in [3.8, 4) is 0 Å². The van der Waals surface area contributed by atoms with E-state index >= 15 is 0 Å². The van der Waals surface area contributed by atoms with E-state index in [1.807, 2.05) is 0 Å². The number of nitrogen functional groups attached to an aromatic ring is 1. The van der Waals surface area contributed by atoms with E-state index in [-0.39, 0.29) is 11.0 Å². The molecule has 0 saturated carbocycles. The lowest BCUT2D eigenvalue weighted by Gasteiger charge is -2.21. The fourth-order valence-electron chi connectivity index (χ4n) is 1.07. The largest absolute Gasteiger partial charge is 0.476 e. The molecule has 0 radical (unpaired) electrons. The maximum absolute atomic E-state index is 11.7. The summed E-state index contributed by atoms with van der Waals surface area (Å²) in [6.45, 7) is 6.49. The Kier molecular flexibility index (Phi) is 5.19. The molecule has 1 aromatic heterocycles. The predicted molar refractivity (Wildman–Crippen MR) is 74.9 cm³/mol. The summed E-state index contributed by atoms with van der Waals surface area (Å²) in [6.07, 6.45) is -1.07. The Morgan fingerprint density at radius 3 is 2.48 bits per heavy atom. The van der Waals surface area contributed by atoms with E-state index in [0.29, 0.717) is 0 Å².